The molecule has 0 aliphatic carbocycles. The minimum atomic E-state index is -0.429. The molecule has 2 amide bonds. The Labute approximate surface area is 90.6 Å². The molecule has 0 saturated carbocycles. The lowest BCUT2D eigenvalue weighted by Crippen LogP contribution is -2.49. The summed E-state index contributed by atoms with van der Waals surface area (Å²) in [5.74, 6) is -0.429. The number of esters is 1. The molecular weight excluding hydrogens is 196 g/mol. The number of hydrogen-bond donors (Lipinski definition) is 2. The van der Waals surface area contributed by atoms with Crippen molar-refractivity contribution in [2.45, 2.75) is 39.7 Å². The summed E-state index contributed by atoms with van der Waals surface area (Å²) in [7, 11) is 0. The molecule has 0 radical (unpaired) electrons. The van der Waals surface area contributed by atoms with Gasteiger partial charge in [-0.1, -0.05) is 6.92 Å². The van der Waals surface area contributed by atoms with Crippen molar-refractivity contribution in [2.75, 3.05) is 13.2 Å². The minimum absolute atomic E-state index is 0.0978. The van der Waals surface area contributed by atoms with Gasteiger partial charge in [0.2, 0.25) is 0 Å². The number of rotatable bonds is 5. The highest BCUT2D eigenvalue weighted by atomic mass is 16.5. The highest BCUT2D eigenvalue weighted by Gasteiger charge is 2.17. The van der Waals surface area contributed by atoms with Crippen LogP contribution in [0.25, 0.3) is 0 Å². The van der Waals surface area contributed by atoms with Crippen LogP contribution in [0, 0.1) is 0 Å². The van der Waals surface area contributed by atoms with Crippen LogP contribution in [0.3, 0.4) is 0 Å². The summed E-state index contributed by atoms with van der Waals surface area (Å²) in [5, 5.41) is 5.18. The van der Waals surface area contributed by atoms with E-state index in [1.807, 2.05) is 20.8 Å². The largest absolute Gasteiger partial charge is 0.465 e. The lowest BCUT2D eigenvalue weighted by Gasteiger charge is -2.24. The van der Waals surface area contributed by atoms with Crippen molar-refractivity contribution < 1.29 is 14.3 Å². The number of nitrogens with one attached hydrogen (secondary N) is 2. The van der Waals surface area contributed by atoms with E-state index in [4.69, 9.17) is 0 Å². The maximum Gasteiger partial charge on any atom is 0.325 e. The zero-order chi connectivity index (χ0) is 11.9. The number of carbonyl (C=O) groups excluding carboxylic acids is 2. The Morgan fingerprint density at radius 2 is 1.87 bits per heavy atom. The standard InChI is InChI=1S/C10H20N2O3/c1-5-10(3,4)12-9(14)11-7-8(13)15-6-2/h5-7H2,1-4H3,(H2,11,12,14). The van der Waals surface area contributed by atoms with Crippen LogP contribution >= 0.6 is 0 Å². The predicted octanol–water partition coefficient (Wildman–Crippen LogP) is 1.04. The van der Waals surface area contributed by atoms with Gasteiger partial charge in [0.15, 0.2) is 0 Å². The molecule has 0 aliphatic heterocycles. The van der Waals surface area contributed by atoms with Crippen LogP contribution in [0.1, 0.15) is 34.1 Å². The fourth-order valence-electron chi connectivity index (χ4n) is 0.804. The molecule has 0 aromatic carbocycles. The quantitative estimate of drug-likeness (QED) is 0.675. The second-order valence-corrected chi connectivity index (χ2v) is 3.85. The molecule has 0 aromatic rings. The Kier molecular flexibility index (Phi) is 5.74. The van der Waals surface area contributed by atoms with Gasteiger partial charge in [0.05, 0.1) is 6.61 Å². The van der Waals surface area contributed by atoms with Crippen molar-refractivity contribution in [3.8, 4) is 0 Å². The zero-order valence-corrected chi connectivity index (χ0v) is 9.85. The van der Waals surface area contributed by atoms with Crippen molar-refractivity contribution >= 4 is 12.0 Å². The lowest BCUT2D eigenvalue weighted by atomic mass is 10.0. The van der Waals surface area contributed by atoms with Gasteiger partial charge in [0, 0.05) is 5.54 Å². The molecule has 0 fully saturated rings. The molecule has 0 aromatic heterocycles. The van der Waals surface area contributed by atoms with E-state index in [-0.39, 0.29) is 18.1 Å². The summed E-state index contributed by atoms with van der Waals surface area (Å²) in [6.45, 7) is 7.75. The van der Waals surface area contributed by atoms with Crippen LogP contribution in [0.5, 0.6) is 0 Å². The average molecular weight is 216 g/mol. The molecule has 0 atom stereocenters. The molecule has 0 rings (SSSR count). The van der Waals surface area contributed by atoms with E-state index >= 15 is 0 Å². The second kappa shape index (κ2) is 6.27. The number of carbonyl (C=O) groups is 2. The van der Waals surface area contributed by atoms with Gasteiger partial charge in [-0.25, -0.2) is 4.79 Å². The smallest absolute Gasteiger partial charge is 0.325 e. The molecule has 5 heteroatoms. The fraction of sp³-hybridized carbons (Fsp3) is 0.800. The van der Waals surface area contributed by atoms with E-state index in [9.17, 15) is 9.59 Å². The van der Waals surface area contributed by atoms with Gasteiger partial charge in [-0.05, 0) is 27.2 Å². The molecule has 0 bridgehead atoms. The molecule has 0 unspecified atom stereocenters. The summed E-state index contributed by atoms with van der Waals surface area (Å²) >= 11 is 0. The van der Waals surface area contributed by atoms with Crippen LogP contribution in [0.15, 0.2) is 0 Å². The van der Waals surface area contributed by atoms with Crippen molar-refractivity contribution in [3.05, 3.63) is 0 Å². The van der Waals surface area contributed by atoms with Gasteiger partial charge in [-0.2, -0.15) is 0 Å². The first-order valence-electron chi connectivity index (χ1n) is 5.13. The second-order valence-electron chi connectivity index (χ2n) is 3.85. The Morgan fingerprint density at radius 1 is 1.27 bits per heavy atom. The first kappa shape index (κ1) is 13.7. The van der Waals surface area contributed by atoms with Gasteiger partial charge in [-0.15, -0.1) is 0 Å². The van der Waals surface area contributed by atoms with E-state index in [0.717, 1.165) is 6.42 Å². The summed E-state index contributed by atoms with van der Waals surface area (Å²) < 4.78 is 4.67. The molecule has 5 nitrogen and oxygen atoms in total. The molecular formula is C10H20N2O3. The van der Waals surface area contributed by atoms with Crippen molar-refractivity contribution in [1.82, 2.24) is 10.6 Å². The molecule has 88 valence electrons. The maximum atomic E-state index is 11.3. The average Bonchev–Trinajstić information content (AvgIpc) is 2.15. The van der Waals surface area contributed by atoms with Gasteiger partial charge in [0.25, 0.3) is 0 Å². The Bertz CT molecular complexity index is 227. The van der Waals surface area contributed by atoms with Gasteiger partial charge in [0.1, 0.15) is 6.54 Å². The number of urea groups is 1. The first-order valence-corrected chi connectivity index (χ1v) is 5.13. The highest BCUT2D eigenvalue weighted by Crippen LogP contribution is 2.05. The SMILES string of the molecule is CCOC(=O)CNC(=O)NC(C)(C)CC. The topological polar surface area (TPSA) is 67.4 Å². The van der Waals surface area contributed by atoms with Crippen LogP contribution in [-0.2, 0) is 9.53 Å². The van der Waals surface area contributed by atoms with Crippen LogP contribution in [0.4, 0.5) is 4.79 Å². The van der Waals surface area contributed by atoms with Crippen LogP contribution in [-0.4, -0.2) is 30.7 Å². The molecule has 0 heterocycles. The first-order chi connectivity index (χ1) is 6.91. The monoisotopic (exact) mass is 216 g/mol. The summed E-state index contributed by atoms with van der Waals surface area (Å²) in [6.07, 6.45) is 0.819. The molecule has 0 saturated heterocycles. The maximum absolute atomic E-state index is 11.3. The van der Waals surface area contributed by atoms with E-state index in [0.29, 0.717) is 6.61 Å². The van der Waals surface area contributed by atoms with Gasteiger partial charge in [-0.3, -0.25) is 4.79 Å². The summed E-state index contributed by atoms with van der Waals surface area (Å²) in [4.78, 5) is 22.2. The van der Waals surface area contributed by atoms with E-state index in [1.54, 1.807) is 6.92 Å². The van der Waals surface area contributed by atoms with Crippen LogP contribution in [0.2, 0.25) is 0 Å². The molecule has 15 heavy (non-hydrogen) atoms. The summed E-state index contributed by atoms with van der Waals surface area (Å²) in [6, 6.07) is -0.352. The number of ether oxygens (including phenoxy) is 1. The fourth-order valence-corrected chi connectivity index (χ4v) is 0.804. The third kappa shape index (κ3) is 6.76. The third-order valence-corrected chi connectivity index (χ3v) is 2.03. The third-order valence-electron chi connectivity index (χ3n) is 2.03. The molecule has 2 N–H and O–H groups in total. The molecule has 0 spiro atoms. The van der Waals surface area contributed by atoms with Gasteiger partial charge >= 0.3 is 12.0 Å². The zero-order valence-electron chi connectivity index (χ0n) is 9.85. The Balaban J connectivity index is 3.80. The Morgan fingerprint density at radius 3 is 2.33 bits per heavy atom. The van der Waals surface area contributed by atoms with Crippen molar-refractivity contribution in [1.29, 1.82) is 0 Å². The van der Waals surface area contributed by atoms with Crippen LogP contribution < -0.4 is 10.6 Å². The van der Waals surface area contributed by atoms with Crippen molar-refractivity contribution in [2.24, 2.45) is 0 Å². The highest BCUT2D eigenvalue weighted by molar-refractivity contribution is 5.81. The van der Waals surface area contributed by atoms with E-state index in [1.165, 1.54) is 0 Å². The normalized spacial score (nSPS) is 10.7. The minimum Gasteiger partial charge on any atom is -0.465 e. The molecule has 0 aliphatic rings. The van der Waals surface area contributed by atoms with Gasteiger partial charge < -0.3 is 15.4 Å². The number of hydrogen-bond acceptors (Lipinski definition) is 3. The number of amides is 2. The van der Waals surface area contributed by atoms with Crippen molar-refractivity contribution in [3.63, 3.8) is 0 Å². The predicted molar refractivity (Wildman–Crippen MR) is 57.5 cm³/mol. The lowest BCUT2D eigenvalue weighted by molar-refractivity contribution is -0.141. The van der Waals surface area contributed by atoms with E-state index < -0.39 is 5.97 Å². The Hall–Kier alpha value is -1.26. The summed E-state index contributed by atoms with van der Waals surface area (Å²) in [5.41, 5.74) is -0.265. The van der Waals surface area contributed by atoms with E-state index in [2.05, 4.69) is 15.4 Å².